The first-order valence-corrected chi connectivity index (χ1v) is 6.89. The number of hydrogen-bond donors (Lipinski definition) is 0. The number of halogens is 1. The number of alkyl halides is 1. The number of para-hydroxylation sites is 1. The molecule has 17 heavy (non-hydrogen) atoms. The lowest BCUT2D eigenvalue weighted by atomic mass is 10.1. The highest BCUT2D eigenvalue weighted by Crippen LogP contribution is 2.37. The number of ether oxygens (including phenoxy) is 1. The molecule has 0 fully saturated rings. The van der Waals surface area contributed by atoms with Gasteiger partial charge >= 0.3 is 0 Å². The molecule has 2 rings (SSSR count). The highest BCUT2D eigenvalue weighted by Gasteiger charge is 2.16. The van der Waals surface area contributed by atoms with Gasteiger partial charge in [-0.15, -0.1) is 22.9 Å². The van der Waals surface area contributed by atoms with E-state index in [-0.39, 0.29) is 5.38 Å². The van der Waals surface area contributed by atoms with Crippen molar-refractivity contribution in [3.8, 4) is 5.75 Å². The fourth-order valence-electron chi connectivity index (χ4n) is 1.72. The van der Waals surface area contributed by atoms with Gasteiger partial charge in [-0.25, -0.2) is 0 Å². The number of thiophene rings is 1. The first kappa shape index (κ1) is 12.5. The highest BCUT2D eigenvalue weighted by atomic mass is 35.5. The second-order valence-electron chi connectivity index (χ2n) is 3.78. The maximum atomic E-state index is 6.52. The smallest absolute Gasteiger partial charge is 0.124 e. The van der Waals surface area contributed by atoms with Crippen LogP contribution in [0.15, 0.2) is 36.4 Å². The average Bonchev–Trinajstić information content (AvgIpc) is 2.76. The van der Waals surface area contributed by atoms with Crippen molar-refractivity contribution in [1.82, 2.24) is 0 Å². The van der Waals surface area contributed by atoms with Gasteiger partial charge in [-0.3, -0.25) is 0 Å². The van der Waals surface area contributed by atoms with Crippen LogP contribution in [-0.4, -0.2) is 6.61 Å². The maximum absolute atomic E-state index is 6.52. The quantitative estimate of drug-likeness (QED) is 0.724. The van der Waals surface area contributed by atoms with E-state index in [9.17, 15) is 0 Å². The van der Waals surface area contributed by atoms with Gasteiger partial charge in [-0.1, -0.05) is 18.2 Å². The number of benzene rings is 1. The molecule has 0 aliphatic rings. The lowest BCUT2D eigenvalue weighted by molar-refractivity contribution is 0.337. The van der Waals surface area contributed by atoms with Crippen LogP contribution in [0.2, 0.25) is 0 Å². The third-order valence-corrected chi connectivity index (χ3v) is 4.17. The Labute approximate surface area is 111 Å². The second kappa shape index (κ2) is 5.56. The summed E-state index contributed by atoms with van der Waals surface area (Å²) < 4.78 is 5.61. The Morgan fingerprint density at radius 3 is 2.65 bits per heavy atom. The van der Waals surface area contributed by atoms with Crippen molar-refractivity contribution >= 4 is 22.9 Å². The van der Waals surface area contributed by atoms with Crippen molar-refractivity contribution < 1.29 is 4.74 Å². The molecule has 1 unspecified atom stereocenters. The van der Waals surface area contributed by atoms with E-state index in [1.54, 1.807) is 11.3 Å². The van der Waals surface area contributed by atoms with Crippen molar-refractivity contribution in [3.05, 3.63) is 51.7 Å². The lowest BCUT2D eigenvalue weighted by Crippen LogP contribution is -1.98. The first-order chi connectivity index (χ1) is 8.22. The Bertz CT molecular complexity index is 492. The Kier molecular flexibility index (Phi) is 4.08. The topological polar surface area (TPSA) is 9.23 Å². The number of hydrogen-bond acceptors (Lipinski definition) is 2. The van der Waals surface area contributed by atoms with Gasteiger partial charge < -0.3 is 4.74 Å². The van der Waals surface area contributed by atoms with Crippen LogP contribution in [0.25, 0.3) is 0 Å². The summed E-state index contributed by atoms with van der Waals surface area (Å²) >= 11 is 8.25. The van der Waals surface area contributed by atoms with E-state index in [1.807, 2.05) is 31.2 Å². The Morgan fingerprint density at radius 1 is 1.24 bits per heavy atom. The van der Waals surface area contributed by atoms with E-state index in [1.165, 1.54) is 4.88 Å². The van der Waals surface area contributed by atoms with Crippen LogP contribution in [0.3, 0.4) is 0 Å². The second-order valence-corrected chi connectivity index (χ2v) is 5.54. The summed E-state index contributed by atoms with van der Waals surface area (Å²) in [5, 5.41) is -0.128. The third kappa shape index (κ3) is 2.82. The molecule has 0 spiro atoms. The van der Waals surface area contributed by atoms with Gasteiger partial charge in [0.2, 0.25) is 0 Å². The fourth-order valence-corrected chi connectivity index (χ4v) is 2.98. The van der Waals surface area contributed by atoms with Crippen LogP contribution >= 0.6 is 22.9 Å². The van der Waals surface area contributed by atoms with Crippen molar-refractivity contribution in [1.29, 1.82) is 0 Å². The zero-order valence-electron chi connectivity index (χ0n) is 9.94. The summed E-state index contributed by atoms with van der Waals surface area (Å²) in [5.74, 6) is 0.876. The molecule has 0 saturated carbocycles. The minimum absolute atomic E-state index is 0.128. The maximum Gasteiger partial charge on any atom is 0.124 e. The SMILES string of the molecule is CCOc1ccccc1C(Cl)c1ccc(C)s1. The first-order valence-electron chi connectivity index (χ1n) is 5.64. The van der Waals surface area contributed by atoms with Gasteiger partial charge in [-0.2, -0.15) is 0 Å². The van der Waals surface area contributed by atoms with Gasteiger partial charge in [-0.05, 0) is 32.0 Å². The number of aryl methyl sites for hydroxylation is 1. The molecular weight excluding hydrogens is 252 g/mol. The molecule has 0 N–H and O–H groups in total. The lowest BCUT2D eigenvalue weighted by Gasteiger charge is -2.13. The fraction of sp³-hybridized carbons (Fsp3) is 0.286. The third-order valence-electron chi connectivity index (χ3n) is 2.50. The molecule has 0 bridgehead atoms. The van der Waals surface area contributed by atoms with E-state index in [0.29, 0.717) is 6.61 Å². The predicted octanol–water partition coefficient (Wildman–Crippen LogP) is 4.78. The molecule has 0 aliphatic carbocycles. The molecule has 0 saturated heterocycles. The highest BCUT2D eigenvalue weighted by molar-refractivity contribution is 7.12. The van der Waals surface area contributed by atoms with E-state index < -0.39 is 0 Å². The number of rotatable bonds is 4. The van der Waals surface area contributed by atoms with Crippen molar-refractivity contribution in [2.75, 3.05) is 6.61 Å². The standard InChI is InChI=1S/C14H15ClOS/c1-3-16-12-7-5-4-6-11(12)14(15)13-9-8-10(2)17-13/h4-9,14H,3H2,1-2H3. The van der Waals surface area contributed by atoms with Crippen molar-refractivity contribution in [2.24, 2.45) is 0 Å². The summed E-state index contributed by atoms with van der Waals surface area (Å²) in [5.41, 5.74) is 1.04. The Morgan fingerprint density at radius 2 is 2.00 bits per heavy atom. The summed E-state index contributed by atoms with van der Waals surface area (Å²) in [4.78, 5) is 2.44. The van der Waals surface area contributed by atoms with Crippen molar-refractivity contribution in [2.45, 2.75) is 19.2 Å². The summed E-state index contributed by atoms with van der Waals surface area (Å²) in [7, 11) is 0. The molecule has 90 valence electrons. The molecule has 1 atom stereocenters. The van der Waals surface area contributed by atoms with Gasteiger partial charge in [0.15, 0.2) is 0 Å². The molecule has 3 heteroatoms. The van der Waals surface area contributed by atoms with E-state index in [4.69, 9.17) is 16.3 Å². The van der Waals surface area contributed by atoms with Crippen LogP contribution in [0.4, 0.5) is 0 Å². The molecule has 2 aromatic rings. The molecule has 1 nitrogen and oxygen atoms in total. The minimum atomic E-state index is -0.128. The predicted molar refractivity (Wildman–Crippen MR) is 74.4 cm³/mol. The van der Waals surface area contributed by atoms with Gasteiger partial charge in [0.25, 0.3) is 0 Å². The van der Waals surface area contributed by atoms with Gasteiger partial charge in [0.1, 0.15) is 5.75 Å². The molecular formula is C14H15ClOS. The van der Waals surface area contributed by atoms with Crippen LogP contribution in [0.5, 0.6) is 5.75 Å². The van der Waals surface area contributed by atoms with E-state index >= 15 is 0 Å². The van der Waals surface area contributed by atoms with Crippen LogP contribution < -0.4 is 4.74 Å². The monoisotopic (exact) mass is 266 g/mol. The molecule has 0 aliphatic heterocycles. The molecule has 0 radical (unpaired) electrons. The van der Waals surface area contributed by atoms with E-state index in [2.05, 4.69) is 19.1 Å². The minimum Gasteiger partial charge on any atom is -0.494 e. The Balaban J connectivity index is 2.33. The normalized spacial score (nSPS) is 12.4. The molecule has 1 aromatic heterocycles. The van der Waals surface area contributed by atoms with Crippen molar-refractivity contribution in [3.63, 3.8) is 0 Å². The molecule has 1 aromatic carbocycles. The van der Waals surface area contributed by atoms with Crippen LogP contribution in [-0.2, 0) is 0 Å². The van der Waals surface area contributed by atoms with Gasteiger partial charge in [0, 0.05) is 15.3 Å². The average molecular weight is 267 g/mol. The van der Waals surface area contributed by atoms with Crippen LogP contribution in [0.1, 0.15) is 27.6 Å². The summed E-state index contributed by atoms with van der Waals surface area (Å²) in [6.07, 6.45) is 0. The van der Waals surface area contributed by atoms with Crippen LogP contribution in [0, 0.1) is 6.92 Å². The van der Waals surface area contributed by atoms with E-state index in [0.717, 1.165) is 16.2 Å². The Hall–Kier alpha value is -0.990. The van der Waals surface area contributed by atoms with Gasteiger partial charge in [0.05, 0.1) is 12.0 Å². The largest absolute Gasteiger partial charge is 0.494 e. The zero-order valence-corrected chi connectivity index (χ0v) is 11.5. The summed E-state index contributed by atoms with van der Waals surface area (Å²) in [6, 6.07) is 12.1. The molecule has 0 amide bonds. The molecule has 1 heterocycles. The summed E-state index contributed by atoms with van der Waals surface area (Å²) in [6.45, 7) is 4.73. The zero-order chi connectivity index (χ0) is 12.3.